The zero-order valence-corrected chi connectivity index (χ0v) is 17.1. The van der Waals surface area contributed by atoms with Crippen LogP contribution in [0.4, 0.5) is 0 Å². The molecular formula is C21H26N4O2S. The first-order valence-electron chi connectivity index (χ1n) is 10.6. The summed E-state index contributed by atoms with van der Waals surface area (Å²) in [6.07, 6.45) is 7.27. The van der Waals surface area contributed by atoms with Gasteiger partial charge in [-0.1, -0.05) is 5.16 Å². The van der Waals surface area contributed by atoms with E-state index in [9.17, 15) is 4.79 Å². The summed E-state index contributed by atoms with van der Waals surface area (Å²) >= 11 is 1.94. The third-order valence-corrected chi connectivity index (χ3v) is 8.42. The van der Waals surface area contributed by atoms with E-state index in [0.29, 0.717) is 35.4 Å². The van der Waals surface area contributed by atoms with Crippen molar-refractivity contribution in [3.8, 4) is 0 Å². The lowest BCUT2D eigenvalue weighted by Crippen LogP contribution is -2.40. The van der Waals surface area contributed by atoms with Gasteiger partial charge in [-0.3, -0.25) is 9.69 Å². The molecule has 6 rings (SSSR count). The van der Waals surface area contributed by atoms with Crippen LogP contribution in [0.5, 0.6) is 0 Å². The third-order valence-electron chi connectivity index (χ3n) is 7.28. The minimum absolute atomic E-state index is 0.0675. The van der Waals surface area contributed by atoms with Gasteiger partial charge in [0.1, 0.15) is 10.8 Å². The van der Waals surface area contributed by atoms with E-state index in [2.05, 4.69) is 15.0 Å². The molecule has 2 bridgehead atoms. The highest BCUT2D eigenvalue weighted by molar-refractivity contribution is 7.11. The molecule has 4 aliphatic rings. The molecule has 0 aromatic carbocycles. The van der Waals surface area contributed by atoms with Crippen molar-refractivity contribution >= 4 is 17.2 Å². The zero-order valence-electron chi connectivity index (χ0n) is 16.3. The molecule has 2 aromatic rings. The zero-order chi connectivity index (χ0) is 18.8. The summed E-state index contributed by atoms with van der Waals surface area (Å²) in [6.45, 7) is 5.02. The Labute approximate surface area is 168 Å². The van der Waals surface area contributed by atoms with E-state index in [4.69, 9.17) is 9.51 Å². The van der Waals surface area contributed by atoms with E-state index < -0.39 is 0 Å². The fraction of sp³-hybridized carbons (Fsp3) is 0.667. The molecule has 6 nitrogen and oxygen atoms in total. The summed E-state index contributed by atoms with van der Waals surface area (Å²) < 4.78 is 5.14. The molecule has 4 atom stereocenters. The molecule has 1 aliphatic carbocycles. The molecule has 28 heavy (non-hydrogen) atoms. The van der Waals surface area contributed by atoms with Gasteiger partial charge in [0.2, 0.25) is 0 Å². The number of hydrogen-bond donors (Lipinski definition) is 0. The molecule has 5 heterocycles. The van der Waals surface area contributed by atoms with Gasteiger partial charge in [0.05, 0.1) is 12.2 Å². The van der Waals surface area contributed by atoms with Crippen LogP contribution >= 0.6 is 11.3 Å². The van der Waals surface area contributed by atoms with Gasteiger partial charge in [-0.2, -0.15) is 0 Å². The molecule has 0 spiro atoms. The van der Waals surface area contributed by atoms with Gasteiger partial charge in [-0.25, -0.2) is 4.98 Å². The maximum absolute atomic E-state index is 13.0. The minimum atomic E-state index is 0.0675. The summed E-state index contributed by atoms with van der Waals surface area (Å²) in [7, 11) is 0. The Bertz CT molecular complexity index is 878. The minimum Gasteiger partial charge on any atom is -0.361 e. The van der Waals surface area contributed by atoms with Gasteiger partial charge in [0, 0.05) is 36.1 Å². The second kappa shape index (κ2) is 6.39. The molecule has 0 saturated carbocycles. The number of carbonyl (C=O) groups is 1. The summed E-state index contributed by atoms with van der Waals surface area (Å²) in [5.74, 6) is 1.97. The summed E-state index contributed by atoms with van der Waals surface area (Å²) in [5.41, 5.74) is 1.84. The number of nitrogens with zero attached hydrogens (tertiary/aromatic N) is 4. The van der Waals surface area contributed by atoms with Crippen molar-refractivity contribution in [3.63, 3.8) is 0 Å². The largest absolute Gasteiger partial charge is 0.361 e. The molecule has 148 valence electrons. The Kier molecular flexibility index (Phi) is 3.91. The molecule has 0 N–H and O–H groups in total. The number of fused-ring (bicyclic) bond motifs is 6. The number of thiazole rings is 1. The quantitative estimate of drug-likeness (QED) is 0.795. The summed E-state index contributed by atoms with van der Waals surface area (Å²) in [6, 6.07) is 2.51. The average molecular weight is 399 g/mol. The topological polar surface area (TPSA) is 62.5 Å². The van der Waals surface area contributed by atoms with E-state index in [1.807, 2.05) is 18.3 Å². The number of carbonyl (C=O) groups excluding carboxylic acids is 1. The van der Waals surface area contributed by atoms with Gasteiger partial charge in [0.15, 0.2) is 5.69 Å². The number of hydrogen-bond acceptors (Lipinski definition) is 6. The number of aryl methyl sites for hydroxylation is 3. The fourth-order valence-corrected chi connectivity index (χ4v) is 7.36. The van der Waals surface area contributed by atoms with Crippen LogP contribution in [-0.4, -0.2) is 51.0 Å². The lowest BCUT2D eigenvalue weighted by Gasteiger charge is -2.26. The Hall–Kier alpha value is -1.73. The fourth-order valence-electron chi connectivity index (χ4n) is 6.16. The highest BCUT2D eigenvalue weighted by Gasteiger charge is 2.58. The standard InChI is InChI=1S/C21H26N4O2S/c1-12-8-16(23-27-12)21(26)25-17-6-7-18(25)14-10-24(9-13(14)17)11-20-22-15-4-2-3-5-19(15)28-20/h8,13-14,17-18H,2-7,9-11H2,1H3/t13-,14+,17-,18+. The van der Waals surface area contributed by atoms with Crippen LogP contribution in [0.15, 0.2) is 10.6 Å². The molecule has 0 unspecified atom stereocenters. The number of rotatable bonds is 3. The molecule has 3 aliphatic heterocycles. The maximum atomic E-state index is 13.0. The number of amides is 1. The average Bonchev–Trinajstić information content (AvgIpc) is 3.47. The van der Waals surface area contributed by atoms with Crippen molar-refractivity contribution in [2.75, 3.05) is 13.1 Å². The Morgan fingerprint density at radius 2 is 1.96 bits per heavy atom. The van der Waals surface area contributed by atoms with Gasteiger partial charge in [-0.15, -0.1) is 11.3 Å². The number of likely N-dealkylation sites (tertiary alicyclic amines) is 1. The highest BCUT2D eigenvalue weighted by atomic mass is 32.1. The second-order valence-corrected chi connectivity index (χ2v) is 10.1. The molecule has 3 fully saturated rings. The van der Waals surface area contributed by atoms with Crippen molar-refractivity contribution in [3.05, 3.63) is 33.1 Å². The van der Waals surface area contributed by atoms with Gasteiger partial charge in [0.25, 0.3) is 5.91 Å². The lowest BCUT2D eigenvalue weighted by atomic mass is 9.82. The van der Waals surface area contributed by atoms with E-state index >= 15 is 0 Å². The predicted octanol–water partition coefficient (Wildman–Crippen LogP) is 3.05. The van der Waals surface area contributed by atoms with Crippen molar-refractivity contribution in [1.82, 2.24) is 19.9 Å². The first-order chi connectivity index (χ1) is 13.7. The van der Waals surface area contributed by atoms with Crippen LogP contribution in [0.1, 0.15) is 57.5 Å². The van der Waals surface area contributed by atoms with E-state index in [-0.39, 0.29) is 5.91 Å². The molecule has 0 radical (unpaired) electrons. The SMILES string of the molecule is Cc1cc(C(=O)N2[C@@H]3CC[C@H]2[C@H]2CN(Cc4nc5c(s4)CCCC5)C[C@H]23)no1. The molecule has 7 heteroatoms. The van der Waals surface area contributed by atoms with Crippen molar-refractivity contribution in [2.24, 2.45) is 11.8 Å². The summed E-state index contributed by atoms with van der Waals surface area (Å²) in [5, 5.41) is 5.27. The van der Waals surface area contributed by atoms with Crippen molar-refractivity contribution in [2.45, 2.75) is 64.1 Å². The van der Waals surface area contributed by atoms with E-state index in [1.165, 1.54) is 41.3 Å². The number of aromatic nitrogens is 2. The Morgan fingerprint density at radius 3 is 2.64 bits per heavy atom. The van der Waals surface area contributed by atoms with Crippen LogP contribution in [0.25, 0.3) is 0 Å². The smallest absolute Gasteiger partial charge is 0.276 e. The molecular weight excluding hydrogens is 372 g/mol. The lowest BCUT2D eigenvalue weighted by molar-refractivity contribution is 0.0684. The third kappa shape index (κ3) is 2.59. The molecule has 2 aromatic heterocycles. The highest BCUT2D eigenvalue weighted by Crippen LogP contribution is 2.50. The first-order valence-corrected chi connectivity index (χ1v) is 11.4. The van der Waals surface area contributed by atoms with Crippen LogP contribution < -0.4 is 0 Å². The van der Waals surface area contributed by atoms with Gasteiger partial charge in [-0.05, 0) is 57.3 Å². The normalized spacial score (nSPS) is 31.4. The van der Waals surface area contributed by atoms with Crippen LogP contribution in [-0.2, 0) is 19.4 Å². The molecule has 1 amide bonds. The van der Waals surface area contributed by atoms with Gasteiger partial charge < -0.3 is 9.42 Å². The van der Waals surface area contributed by atoms with E-state index in [1.54, 1.807) is 6.07 Å². The van der Waals surface area contributed by atoms with Crippen LogP contribution in [0.3, 0.4) is 0 Å². The summed E-state index contributed by atoms with van der Waals surface area (Å²) in [4.78, 5) is 24.2. The van der Waals surface area contributed by atoms with Crippen molar-refractivity contribution < 1.29 is 9.32 Å². The Balaban J connectivity index is 1.16. The van der Waals surface area contributed by atoms with Crippen LogP contribution in [0, 0.1) is 18.8 Å². The maximum Gasteiger partial charge on any atom is 0.276 e. The van der Waals surface area contributed by atoms with Gasteiger partial charge >= 0.3 is 0 Å². The predicted molar refractivity (Wildman–Crippen MR) is 105 cm³/mol. The van der Waals surface area contributed by atoms with E-state index in [0.717, 1.165) is 32.5 Å². The Morgan fingerprint density at radius 1 is 1.21 bits per heavy atom. The molecule has 3 saturated heterocycles. The first kappa shape index (κ1) is 17.2. The second-order valence-electron chi connectivity index (χ2n) is 8.95. The van der Waals surface area contributed by atoms with Crippen LogP contribution in [0.2, 0.25) is 0 Å². The van der Waals surface area contributed by atoms with Crippen molar-refractivity contribution in [1.29, 1.82) is 0 Å². The monoisotopic (exact) mass is 398 g/mol.